The minimum absolute atomic E-state index is 0.0884. The Balaban J connectivity index is 1.55. The number of nitrogens with one attached hydrogen (secondary N) is 1. The van der Waals surface area contributed by atoms with E-state index < -0.39 is 0 Å². The van der Waals surface area contributed by atoms with Gasteiger partial charge in [-0.15, -0.1) is 5.10 Å². The smallest absolute Gasteiger partial charge is 0.214 e. The van der Waals surface area contributed by atoms with Gasteiger partial charge in [0.2, 0.25) is 5.82 Å². The van der Waals surface area contributed by atoms with E-state index >= 15 is 0 Å². The van der Waals surface area contributed by atoms with Crippen molar-refractivity contribution < 1.29 is 14.4 Å². The Morgan fingerprint density at radius 1 is 1.00 bits per heavy atom. The van der Waals surface area contributed by atoms with Gasteiger partial charge >= 0.3 is 0 Å². The van der Waals surface area contributed by atoms with Crippen LogP contribution >= 0.6 is 0 Å². The molecule has 1 aliphatic heterocycles. The first-order valence-corrected chi connectivity index (χ1v) is 10.7. The number of aromatic nitrogens is 4. The van der Waals surface area contributed by atoms with Crippen molar-refractivity contribution >= 4 is 5.69 Å². The summed E-state index contributed by atoms with van der Waals surface area (Å²) in [6.07, 6.45) is 0. The van der Waals surface area contributed by atoms with E-state index in [0.717, 1.165) is 37.8 Å². The fourth-order valence-corrected chi connectivity index (χ4v) is 4.22. The highest BCUT2D eigenvalue weighted by molar-refractivity contribution is 5.49. The molecule has 1 aliphatic rings. The summed E-state index contributed by atoms with van der Waals surface area (Å²) in [5.41, 5.74) is 3.73. The Kier molecular flexibility index (Phi) is 6.79. The topological polar surface area (TPSA) is 69.7 Å². The van der Waals surface area contributed by atoms with E-state index in [-0.39, 0.29) is 6.04 Å². The van der Waals surface area contributed by atoms with Gasteiger partial charge in [-0.05, 0) is 41.6 Å². The molecule has 3 aromatic rings. The number of ether oxygens (including phenoxy) is 2. The first-order chi connectivity index (χ1) is 15.2. The molecule has 1 atom stereocenters. The quantitative estimate of drug-likeness (QED) is 0.586. The van der Waals surface area contributed by atoms with Crippen molar-refractivity contribution in [3.05, 3.63) is 65.5 Å². The number of anilines is 1. The van der Waals surface area contributed by atoms with E-state index in [1.807, 2.05) is 16.8 Å². The number of aryl methyl sites for hydroxylation is 1. The van der Waals surface area contributed by atoms with Gasteiger partial charge in [-0.25, -0.2) is 4.68 Å². The van der Waals surface area contributed by atoms with Crippen molar-refractivity contribution in [2.24, 2.45) is 0 Å². The molecule has 8 heteroatoms. The number of nitrogens with zero attached hydrogens (tertiary/aromatic N) is 5. The van der Waals surface area contributed by atoms with Crippen LogP contribution in [0, 0.1) is 6.92 Å². The lowest BCUT2D eigenvalue weighted by Gasteiger charge is -2.37. The first-order valence-electron chi connectivity index (χ1n) is 10.7. The van der Waals surface area contributed by atoms with Crippen LogP contribution in [-0.2, 0) is 11.3 Å². The van der Waals surface area contributed by atoms with Gasteiger partial charge in [-0.3, -0.25) is 0 Å². The van der Waals surface area contributed by atoms with E-state index in [1.165, 1.54) is 21.7 Å². The highest BCUT2D eigenvalue weighted by Gasteiger charge is 2.34. The molecule has 8 nitrogen and oxygen atoms in total. The van der Waals surface area contributed by atoms with Crippen molar-refractivity contribution in [2.45, 2.75) is 19.5 Å². The van der Waals surface area contributed by atoms with Crippen LogP contribution in [-0.4, -0.2) is 67.2 Å². The van der Waals surface area contributed by atoms with Gasteiger partial charge in [0.1, 0.15) is 5.75 Å². The van der Waals surface area contributed by atoms with Crippen LogP contribution in [0.4, 0.5) is 5.69 Å². The molecule has 0 bridgehead atoms. The summed E-state index contributed by atoms with van der Waals surface area (Å²) in [6.45, 7) is 7.30. The predicted octanol–water partition coefficient (Wildman–Crippen LogP) is 1.13. The molecule has 0 saturated carbocycles. The van der Waals surface area contributed by atoms with Gasteiger partial charge in [0.05, 0.1) is 46.4 Å². The Morgan fingerprint density at radius 2 is 1.71 bits per heavy atom. The summed E-state index contributed by atoms with van der Waals surface area (Å²) >= 11 is 0. The van der Waals surface area contributed by atoms with E-state index in [4.69, 9.17) is 9.47 Å². The summed E-state index contributed by atoms with van der Waals surface area (Å²) in [5, 5.41) is 12.7. The second-order valence-electron chi connectivity index (χ2n) is 7.94. The van der Waals surface area contributed by atoms with E-state index in [9.17, 15) is 0 Å². The lowest BCUT2D eigenvalue weighted by atomic mass is 10.0. The molecular formula is C23H31N6O2+. The van der Waals surface area contributed by atoms with Gasteiger partial charge in [-0.2, -0.15) is 0 Å². The van der Waals surface area contributed by atoms with Crippen LogP contribution in [0.25, 0.3) is 0 Å². The van der Waals surface area contributed by atoms with Gasteiger partial charge in [0.25, 0.3) is 0 Å². The maximum absolute atomic E-state index is 5.29. The Bertz CT molecular complexity index is 949. The van der Waals surface area contributed by atoms with Gasteiger partial charge in [0.15, 0.2) is 6.04 Å². The molecule has 1 saturated heterocycles. The Hall–Kier alpha value is -2.97. The van der Waals surface area contributed by atoms with Crippen LogP contribution in [0.2, 0.25) is 0 Å². The third-order valence-corrected chi connectivity index (χ3v) is 5.99. The molecule has 1 fully saturated rings. The van der Waals surface area contributed by atoms with Gasteiger partial charge < -0.3 is 19.3 Å². The van der Waals surface area contributed by atoms with Crippen molar-refractivity contribution in [2.75, 3.05) is 51.9 Å². The second kappa shape index (κ2) is 9.89. The number of methoxy groups -OCH3 is 2. The number of hydrogen-bond donors (Lipinski definition) is 1. The average Bonchev–Trinajstić information content (AvgIpc) is 3.27. The molecule has 31 heavy (non-hydrogen) atoms. The lowest BCUT2D eigenvalue weighted by Crippen LogP contribution is -3.15. The van der Waals surface area contributed by atoms with E-state index in [2.05, 4.69) is 63.7 Å². The average molecular weight is 424 g/mol. The van der Waals surface area contributed by atoms with Crippen LogP contribution < -0.4 is 14.5 Å². The maximum atomic E-state index is 5.29. The highest BCUT2D eigenvalue weighted by Crippen LogP contribution is 2.21. The summed E-state index contributed by atoms with van der Waals surface area (Å²) in [6, 6.07) is 17.1. The lowest BCUT2D eigenvalue weighted by molar-refractivity contribution is -0.927. The molecule has 0 aliphatic carbocycles. The normalized spacial score (nSPS) is 15.8. The first kappa shape index (κ1) is 21.3. The molecular weight excluding hydrogens is 392 g/mol. The monoisotopic (exact) mass is 423 g/mol. The van der Waals surface area contributed by atoms with Crippen molar-refractivity contribution in [3.63, 3.8) is 0 Å². The summed E-state index contributed by atoms with van der Waals surface area (Å²) in [4.78, 5) is 3.91. The number of tetrazole rings is 1. The summed E-state index contributed by atoms with van der Waals surface area (Å²) in [5.74, 6) is 1.78. The number of hydrogen-bond acceptors (Lipinski definition) is 6. The number of quaternary nitrogens is 1. The van der Waals surface area contributed by atoms with Crippen LogP contribution in [0.15, 0.2) is 48.5 Å². The number of benzene rings is 2. The van der Waals surface area contributed by atoms with Gasteiger partial charge in [-0.1, -0.05) is 29.8 Å². The molecule has 4 rings (SSSR count). The fraction of sp³-hybridized carbons (Fsp3) is 0.435. The third-order valence-electron chi connectivity index (χ3n) is 5.99. The second-order valence-corrected chi connectivity index (χ2v) is 7.94. The molecule has 1 aromatic heterocycles. The Morgan fingerprint density at radius 3 is 2.35 bits per heavy atom. The third kappa shape index (κ3) is 4.86. The maximum Gasteiger partial charge on any atom is 0.214 e. The molecule has 1 N–H and O–H groups in total. The zero-order valence-corrected chi connectivity index (χ0v) is 18.5. The molecule has 2 aromatic carbocycles. The predicted molar refractivity (Wildman–Crippen MR) is 119 cm³/mol. The molecule has 164 valence electrons. The van der Waals surface area contributed by atoms with Crippen molar-refractivity contribution in [1.82, 2.24) is 20.2 Å². The largest absolute Gasteiger partial charge is 0.497 e. The van der Waals surface area contributed by atoms with Crippen molar-refractivity contribution in [3.8, 4) is 5.75 Å². The summed E-state index contributed by atoms with van der Waals surface area (Å²) < 4.78 is 12.4. The molecule has 2 heterocycles. The summed E-state index contributed by atoms with van der Waals surface area (Å²) in [7, 11) is 3.40. The van der Waals surface area contributed by atoms with Crippen molar-refractivity contribution in [1.29, 1.82) is 0 Å². The minimum Gasteiger partial charge on any atom is -0.497 e. The number of piperazine rings is 1. The van der Waals surface area contributed by atoms with Crippen LogP contribution in [0.5, 0.6) is 5.75 Å². The Labute approximate surface area is 183 Å². The van der Waals surface area contributed by atoms with Crippen LogP contribution in [0.3, 0.4) is 0 Å². The molecule has 0 amide bonds. The van der Waals surface area contributed by atoms with E-state index in [0.29, 0.717) is 13.2 Å². The van der Waals surface area contributed by atoms with Crippen LogP contribution in [0.1, 0.15) is 23.0 Å². The zero-order valence-electron chi connectivity index (χ0n) is 18.5. The molecule has 0 unspecified atom stereocenters. The number of rotatable bonds is 8. The SMILES string of the molecule is COCCn1nnnc1[C@@H](c1ccc(C)cc1)[NH+]1CCN(c2ccc(OC)cc2)CC1. The minimum atomic E-state index is 0.0884. The highest BCUT2D eigenvalue weighted by atomic mass is 16.5. The fourth-order valence-electron chi connectivity index (χ4n) is 4.22. The standard InChI is InChI=1S/C23H30N6O2/c1-18-4-6-19(7-5-18)22(23-24-25-26-29(23)16-17-30-2)28-14-12-27(13-15-28)20-8-10-21(31-3)11-9-20/h4-11,22H,12-17H2,1-3H3/p+1/t22-/m1/s1. The van der Waals surface area contributed by atoms with E-state index in [1.54, 1.807) is 14.2 Å². The zero-order chi connectivity index (χ0) is 21.6. The molecule has 0 spiro atoms. The van der Waals surface area contributed by atoms with Gasteiger partial charge in [0, 0.05) is 18.4 Å². The molecule has 0 radical (unpaired) electrons.